The molecule has 1 amide bonds. The Morgan fingerprint density at radius 1 is 1.24 bits per heavy atom. The summed E-state index contributed by atoms with van der Waals surface area (Å²) in [5.74, 6) is 2.54. The van der Waals surface area contributed by atoms with E-state index in [0.717, 1.165) is 11.8 Å². The van der Waals surface area contributed by atoms with Gasteiger partial charge in [0.1, 0.15) is 0 Å². The predicted octanol–water partition coefficient (Wildman–Crippen LogP) is 1.91. The maximum absolute atomic E-state index is 12.0. The highest BCUT2D eigenvalue weighted by atomic mass is 16.1. The lowest BCUT2D eigenvalue weighted by Gasteiger charge is -2.29. The lowest BCUT2D eigenvalue weighted by atomic mass is 9.83. The SMILES string of the molecule is CC(N)C(C)C(=O)NC(C)C1CC2CCC1C2. The Balaban J connectivity index is 1.85. The summed E-state index contributed by atoms with van der Waals surface area (Å²) in [7, 11) is 0. The molecule has 3 heteroatoms. The van der Waals surface area contributed by atoms with Gasteiger partial charge in [-0.05, 0) is 50.9 Å². The molecule has 2 aliphatic carbocycles. The largest absolute Gasteiger partial charge is 0.353 e. The molecule has 2 aliphatic rings. The Kier molecular flexibility index (Phi) is 3.76. The molecule has 2 fully saturated rings. The lowest BCUT2D eigenvalue weighted by molar-refractivity contribution is -0.126. The number of carbonyl (C=O) groups is 1. The van der Waals surface area contributed by atoms with Gasteiger partial charge in [0.25, 0.3) is 0 Å². The highest BCUT2D eigenvalue weighted by Gasteiger charge is 2.42. The van der Waals surface area contributed by atoms with Crippen LogP contribution in [-0.4, -0.2) is 18.0 Å². The summed E-state index contributed by atoms with van der Waals surface area (Å²) in [6, 6.07) is 0.251. The Morgan fingerprint density at radius 2 is 1.94 bits per heavy atom. The molecule has 6 atom stereocenters. The Hall–Kier alpha value is -0.570. The number of hydrogen-bond acceptors (Lipinski definition) is 2. The van der Waals surface area contributed by atoms with Gasteiger partial charge in [0.05, 0.1) is 0 Å². The van der Waals surface area contributed by atoms with E-state index in [1.807, 2.05) is 13.8 Å². The Bertz CT molecular complexity index is 290. The van der Waals surface area contributed by atoms with Crippen LogP contribution < -0.4 is 11.1 Å². The molecule has 3 N–H and O–H groups in total. The topological polar surface area (TPSA) is 55.1 Å². The fourth-order valence-electron chi connectivity index (χ4n) is 3.61. The first-order valence-corrected chi connectivity index (χ1v) is 7.05. The number of fused-ring (bicyclic) bond motifs is 2. The van der Waals surface area contributed by atoms with Crippen LogP contribution in [0.2, 0.25) is 0 Å². The first-order valence-electron chi connectivity index (χ1n) is 7.05. The smallest absolute Gasteiger partial charge is 0.224 e. The van der Waals surface area contributed by atoms with E-state index in [0.29, 0.717) is 12.0 Å². The lowest BCUT2D eigenvalue weighted by Crippen LogP contribution is -2.45. The fourth-order valence-corrected chi connectivity index (χ4v) is 3.61. The molecule has 0 aromatic heterocycles. The van der Waals surface area contributed by atoms with Gasteiger partial charge in [0.2, 0.25) is 5.91 Å². The summed E-state index contributed by atoms with van der Waals surface area (Å²) >= 11 is 0. The third-order valence-corrected chi connectivity index (χ3v) is 5.01. The second kappa shape index (κ2) is 4.97. The van der Waals surface area contributed by atoms with Gasteiger partial charge in [0, 0.05) is 18.0 Å². The quantitative estimate of drug-likeness (QED) is 0.786. The van der Waals surface area contributed by atoms with E-state index < -0.39 is 0 Å². The second-order valence-corrected chi connectivity index (χ2v) is 6.28. The number of rotatable bonds is 4. The van der Waals surface area contributed by atoms with Crippen molar-refractivity contribution in [2.45, 2.75) is 58.5 Å². The van der Waals surface area contributed by atoms with Crippen LogP contribution in [0.15, 0.2) is 0 Å². The summed E-state index contributed by atoms with van der Waals surface area (Å²) in [5, 5.41) is 3.17. The van der Waals surface area contributed by atoms with Gasteiger partial charge in [-0.3, -0.25) is 4.79 Å². The van der Waals surface area contributed by atoms with Gasteiger partial charge in [-0.25, -0.2) is 0 Å². The maximum Gasteiger partial charge on any atom is 0.224 e. The van der Waals surface area contributed by atoms with Crippen molar-refractivity contribution < 1.29 is 4.79 Å². The van der Waals surface area contributed by atoms with Crippen LogP contribution in [0, 0.1) is 23.7 Å². The zero-order valence-corrected chi connectivity index (χ0v) is 11.3. The molecule has 0 aromatic rings. The van der Waals surface area contributed by atoms with E-state index in [-0.39, 0.29) is 17.9 Å². The minimum Gasteiger partial charge on any atom is -0.353 e. The molecule has 98 valence electrons. The van der Waals surface area contributed by atoms with Crippen LogP contribution in [-0.2, 0) is 4.79 Å². The molecular weight excluding hydrogens is 212 g/mol. The van der Waals surface area contributed by atoms with Gasteiger partial charge in [-0.2, -0.15) is 0 Å². The number of nitrogens with one attached hydrogen (secondary N) is 1. The van der Waals surface area contributed by atoms with Gasteiger partial charge in [0.15, 0.2) is 0 Å². The average molecular weight is 238 g/mol. The van der Waals surface area contributed by atoms with E-state index in [1.165, 1.54) is 25.7 Å². The van der Waals surface area contributed by atoms with Crippen LogP contribution >= 0.6 is 0 Å². The van der Waals surface area contributed by atoms with Gasteiger partial charge >= 0.3 is 0 Å². The molecule has 17 heavy (non-hydrogen) atoms. The summed E-state index contributed by atoms with van der Waals surface area (Å²) in [5.41, 5.74) is 5.77. The molecule has 2 saturated carbocycles. The van der Waals surface area contributed by atoms with Crippen molar-refractivity contribution in [2.24, 2.45) is 29.4 Å². The molecule has 6 unspecified atom stereocenters. The van der Waals surface area contributed by atoms with Gasteiger partial charge < -0.3 is 11.1 Å². The van der Waals surface area contributed by atoms with E-state index in [4.69, 9.17) is 5.73 Å². The van der Waals surface area contributed by atoms with Crippen molar-refractivity contribution in [2.75, 3.05) is 0 Å². The number of amides is 1. The normalized spacial score (nSPS) is 36.6. The average Bonchev–Trinajstić information content (AvgIpc) is 2.89. The highest BCUT2D eigenvalue weighted by molar-refractivity contribution is 5.79. The van der Waals surface area contributed by atoms with Crippen molar-refractivity contribution >= 4 is 5.91 Å². The van der Waals surface area contributed by atoms with Crippen molar-refractivity contribution in [3.8, 4) is 0 Å². The molecule has 3 nitrogen and oxygen atoms in total. The monoisotopic (exact) mass is 238 g/mol. The van der Waals surface area contributed by atoms with E-state index >= 15 is 0 Å². The molecule has 0 spiro atoms. The predicted molar refractivity (Wildman–Crippen MR) is 69.4 cm³/mol. The zero-order chi connectivity index (χ0) is 12.6. The summed E-state index contributed by atoms with van der Waals surface area (Å²) in [6.45, 7) is 5.97. The van der Waals surface area contributed by atoms with Crippen molar-refractivity contribution in [1.82, 2.24) is 5.32 Å². The first kappa shape index (κ1) is 12.9. The fraction of sp³-hybridized carbons (Fsp3) is 0.929. The molecule has 2 rings (SSSR count). The highest BCUT2D eigenvalue weighted by Crippen LogP contribution is 2.49. The number of nitrogens with two attached hydrogens (primary N) is 1. The number of carbonyl (C=O) groups excluding carboxylic acids is 1. The van der Waals surface area contributed by atoms with E-state index in [1.54, 1.807) is 0 Å². The van der Waals surface area contributed by atoms with E-state index in [2.05, 4.69) is 12.2 Å². The maximum atomic E-state index is 12.0. The molecule has 0 aliphatic heterocycles. The molecular formula is C14H26N2O. The molecule has 2 bridgehead atoms. The third kappa shape index (κ3) is 2.65. The molecule has 0 aromatic carbocycles. The van der Waals surface area contributed by atoms with Crippen LogP contribution in [0.3, 0.4) is 0 Å². The molecule has 0 radical (unpaired) electrons. The first-order chi connectivity index (χ1) is 7.99. The second-order valence-electron chi connectivity index (χ2n) is 6.28. The van der Waals surface area contributed by atoms with Gasteiger partial charge in [-0.15, -0.1) is 0 Å². The van der Waals surface area contributed by atoms with Crippen LogP contribution in [0.4, 0.5) is 0 Å². The van der Waals surface area contributed by atoms with E-state index in [9.17, 15) is 4.79 Å². The number of hydrogen-bond donors (Lipinski definition) is 2. The van der Waals surface area contributed by atoms with Crippen LogP contribution in [0.1, 0.15) is 46.5 Å². The van der Waals surface area contributed by atoms with Crippen molar-refractivity contribution in [1.29, 1.82) is 0 Å². The van der Waals surface area contributed by atoms with Crippen molar-refractivity contribution in [3.63, 3.8) is 0 Å². The summed E-state index contributed by atoms with van der Waals surface area (Å²) in [6.07, 6.45) is 5.50. The summed E-state index contributed by atoms with van der Waals surface area (Å²) in [4.78, 5) is 12.0. The van der Waals surface area contributed by atoms with Crippen LogP contribution in [0.25, 0.3) is 0 Å². The summed E-state index contributed by atoms with van der Waals surface area (Å²) < 4.78 is 0. The minimum atomic E-state index is -0.0870. The minimum absolute atomic E-state index is 0.0674. The molecule has 0 saturated heterocycles. The standard InChI is InChI=1S/C14H26N2O/c1-8(9(2)15)14(17)16-10(3)13-7-11-4-5-12(13)6-11/h8-13H,4-7,15H2,1-3H3,(H,16,17). The zero-order valence-electron chi connectivity index (χ0n) is 11.3. The van der Waals surface area contributed by atoms with Crippen LogP contribution in [0.5, 0.6) is 0 Å². The van der Waals surface area contributed by atoms with Crippen molar-refractivity contribution in [3.05, 3.63) is 0 Å². The molecule has 0 heterocycles. The Morgan fingerprint density at radius 3 is 2.41 bits per heavy atom. The third-order valence-electron chi connectivity index (χ3n) is 5.01. The Labute approximate surface area is 105 Å². The van der Waals surface area contributed by atoms with Gasteiger partial charge in [-0.1, -0.05) is 13.3 Å².